The Morgan fingerprint density at radius 2 is 2.22 bits per heavy atom. The van der Waals surface area contributed by atoms with Crippen LogP contribution < -0.4 is 10.1 Å². The van der Waals surface area contributed by atoms with E-state index >= 15 is 0 Å². The molecule has 18 heavy (non-hydrogen) atoms. The molecule has 0 atom stereocenters. The summed E-state index contributed by atoms with van der Waals surface area (Å²) in [6, 6.07) is 8.35. The Hall–Kier alpha value is -1.48. The second-order valence-corrected chi connectivity index (χ2v) is 5.05. The molecule has 0 aliphatic heterocycles. The van der Waals surface area contributed by atoms with E-state index in [9.17, 15) is 0 Å². The van der Waals surface area contributed by atoms with Gasteiger partial charge in [0.2, 0.25) is 0 Å². The van der Waals surface area contributed by atoms with Crippen molar-refractivity contribution in [2.45, 2.75) is 19.4 Å². The van der Waals surface area contributed by atoms with E-state index in [1.165, 1.54) is 30.3 Å². The quantitative estimate of drug-likeness (QED) is 0.791. The standard InChI is InChI=1S/C15H20N2O/c1-18-15-4-2-3-14-13(15)7-9-17(14)10-8-16-11-12-5-6-12/h2-4,7,9,12,16H,5-6,8,10-11H2,1H3. The van der Waals surface area contributed by atoms with Gasteiger partial charge in [-0.05, 0) is 43.5 Å². The highest BCUT2D eigenvalue weighted by molar-refractivity contribution is 5.86. The number of nitrogens with zero attached hydrogens (tertiary/aromatic N) is 1. The van der Waals surface area contributed by atoms with Gasteiger partial charge in [0.25, 0.3) is 0 Å². The first kappa shape index (κ1) is 11.6. The maximum atomic E-state index is 5.38. The molecule has 0 spiro atoms. The highest BCUT2D eigenvalue weighted by Gasteiger charge is 2.19. The number of hydrogen-bond donors (Lipinski definition) is 1. The van der Waals surface area contributed by atoms with E-state index in [0.717, 1.165) is 24.8 Å². The fraction of sp³-hybridized carbons (Fsp3) is 0.467. The molecule has 0 unspecified atom stereocenters. The van der Waals surface area contributed by atoms with Gasteiger partial charge in [0, 0.05) is 24.7 Å². The third kappa shape index (κ3) is 2.36. The number of methoxy groups -OCH3 is 1. The van der Waals surface area contributed by atoms with Crippen molar-refractivity contribution in [2.24, 2.45) is 5.92 Å². The molecule has 1 N–H and O–H groups in total. The van der Waals surface area contributed by atoms with Crippen molar-refractivity contribution in [3.63, 3.8) is 0 Å². The van der Waals surface area contributed by atoms with Crippen molar-refractivity contribution in [3.8, 4) is 5.75 Å². The Kier molecular flexibility index (Phi) is 3.24. The van der Waals surface area contributed by atoms with Crippen LogP contribution in [-0.4, -0.2) is 24.8 Å². The fourth-order valence-corrected chi connectivity index (χ4v) is 2.40. The fourth-order valence-electron chi connectivity index (χ4n) is 2.40. The summed E-state index contributed by atoms with van der Waals surface area (Å²) in [5, 5.41) is 4.72. The SMILES string of the molecule is COc1cccc2c1ccn2CCNCC1CC1. The van der Waals surface area contributed by atoms with Crippen molar-refractivity contribution in [1.29, 1.82) is 0 Å². The molecular formula is C15H20N2O. The van der Waals surface area contributed by atoms with Gasteiger partial charge in [-0.2, -0.15) is 0 Å². The van der Waals surface area contributed by atoms with Gasteiger partial charge in [0.1, 0.15) is 5.75 Å². The third-order valence-corrected chi connectivity index (χ3v) is 3.65. The summed E-state index contributed by atoms with van der Waals surface area (Å²) in [7, 11) is 1.73. The first-order valence-electron chi connectivity index (χ1n) is 6.71. The smallest absolute Gasteiger partial charge is 0.128 e. The second-order valence-electron chi connectivity index (χ2n) is 5.05. The van der Waals surface area contributed by atoms with Crippen molar-refractivity contribution in [1.82, 2.24) is 9.88 Å². The summed E-state index contributed by atoms with van der Waals surface area (Å²) in [5.41, 5.74) is 1.25. The Morgan fingerprint density at radius 1 is 1.33 bits per heavy atom. The minimum absolute atomic E-state index is 0.950. The first-order chi connectivity index (χ1) is 8.88. The van der Waals surface area contributed by atoms with E-state index in [2.05, 4.69) is 34.3 Å². The Morgan fingerprint density at radius 3 is 3.00 bits per heavy atom. The van der Waals surface area contributed by atoms with Crippen LogP contribution in [0.2, 0.25) is 0 Å². The summed E-state index contributed by atoms with van der Waals surface area (Å²) in [5.74, 6) is 1.91. The molecule has 1 aromatic heterocycles. The van der Waals surface area contributed by atoms with Crippen LogP contribution in [0.5, 0.6) is 5.75 Å². The van der Waals surface area contributed by atoms with Crippen LogP contribution in [-0.2, 0) is 6.54 Å². The summed E-state index contributed by atoms with van der Waals surface area (Å²) in [6.45, 7) is 3.24. The van der Waals surface area contributed by atoms with Gasteiger partial charge in [-0.3, -0.25) is 0 Å². The zero-order valence-electron chi connectivity index (χ0n) is 10.9. The topological polar surface area (TPSA) is 26.2 Å². The molecule has 3 heteroatoms. The zero-order chi connectivity index (χ0) is 12.4. The van der Waals surface area contributed by atoms with Crippen LogP contribution in [0.3, 0.4) is 0 Å². The normalized spacial score (nSPS) is 15.2. The molecule has 0 amide bonds. The second kappa shape index (κ2) is 5.02. The van der Waals surface area contributed by atoms with Gasteiger partial charge >= 0.3 is 0 Å². The summed E-state index contributed by atoms with van der Waals surface area (Å²) < 4.78 is 7.67. The van der Waals surface area contributed by atoms with E-state index in [0.29, 0.717) is 0 Å². The maximum Gasteiger partial charge on any atom is 0.128 e. The molecule has 1 aromatic carbocycles. The van der Waals surface area contributed by atoms with Crippen LogP contribution in [0.25, 0.3) is 10.9 Å². The molecule has 3 nitrogen and oxygen atoms in total. The predicted molar refractivity (Wildman–Crippen MR) is 74.1 cm³/mol. The lowest BCUT2D eigenvalue weighted by Gasteiger charge is -2.07. The molecule has 2 aromatic rings. The van der Waals surface area contributed by atoms with Crippen LogP contribution in [0.1, 0.15) is 12.8 Å². The summed E-state index contributed by atoms with van der Waals surface area (Å²) in [4.78, 5) is 0. The highest BCUT2D eigenvalue weighted by Crippen LogP contribution is 2.28. The molecule has 3 rings (SSSR count). The van der Waals surface area contributed by atoms with Crippen molar-refractivity contribution >= 4 is 10.9 Å². The zero-order valence-corrected chi connectivity index (χ0v) is 10.9. The van der Waals surface area contributed by atoms with Crippen LogP contribution in [0, 0.1) is 5.92 Å². The van der Waals surface area contributed by atoms with Gasteiger partial charge in [-0.1, -0.05) is 6.07 Å². The molecule has 1 saturated carbocycles. The molecule has 1 fully saturated rings. The van der Waals surface area contributed by atoms with Crippen LogP contribution in [0.15, 0.2) is 30.5 Å². The molecule has 96 valence electrons. The van der Waals surface area contributed by atoms with Crippen molar-refractivity contribution in [3.05, 3.63) is 30.5 Å². The molecular weight excluding hydrogens is 224 g/mol. The van der Waals surface area contributed by atoms with Gasteiger partial charge < -0.3 is 14.6 Å². The number of rotatable bonds is 6. The third-order valence-electron chi connectivity index (χ3n) is 3.65. The number of hydrogen-bond acceptors (Lipinski definition) is 2. The Labute approximate surface area is 108 Å². The Bertz CT molecular complexity index is 528. The van der Waals surface area contributed by atoms with E-state index in [4.69, 9.17) is 4.74 Å². The maximum absolute atomic E-state index is 5.38. The summed E-state index contributed by atoms with van der Waals surface area (Å²) >= 11 is 0. The minimum Gasteiger partial charge on any atom is -0.496 e. The van der Waals surface area contributed by atoms with Crippen molar-refractivity contribution < 1.29 is 4.74 Å². The molecule has 1 heterocycles. The number of ether oxygens (including phenoxy) is 1. The Balaban J connectivity index is 1.67. The number of nitrogens with one attached hydrogen (secondary N) is 1. The van der Waals surface area contributed by atoms with Crippen LogP contribution in [0.4, 0.5) is 0 Å². The number of aromatic nitrogens is 1. The van der Waals surface area contributed by atoms with E-state index < -0.39 is 0 Å². The lowest BCUT2D eigenvalue weighted by molar-refractivity contribution is 0.420. The summed E-state index contributed by atoms with van der Waals surface area (Å²) in [6.07, 6.45) is 4.97. The molecule has 1 aliphatic carbocycles. The largest absolute Gasteiger partial charge is 0.496 e. The molecule has 0 saturated heterocycles. The van der Waals surface area contributed by atoms with E-state index in [-0.39, 0.29) is 0 Å². The highest BCUT2D eigenvalue weighted by atomic mass is 16.5. The lowest BCUT2D eigenvalue weighted by atomic mass is 10.2. The number of fused-ring (bicyclic) bond motifs is 1. The first-order valence-corrected chi connectivity index (χ1v) is 6.71. The minimum atomic E-state index is 0.950. The van der Waals surface area contributed by atoms with Gasteiger partial charge in [0.15, 0.2) is 0 Å². The van der Waals surface area contributed by atoms with Gasteiger partial charge in [-0.25, -0.2) is 0 Å². The van der Waals surface area contributed by atoms with E-state index in [1.54, 1.807) is 7.11 Å². The average Bonchev–Trinajstić information content (AvgIpc) is 3.14. The average molecular weight is 244 g/mol. The molecule has 0 bridgehead atoms. The predicted octanol–water partition coefficient (Wildman–Crippen LogP) is 2.65. The van der Waals surface area contributed by atoms with Crippen LogP contribution >= 0.6 is 0 Å². The van der Waals surface area contributed by atoms with Gasteiger partial charge in [0.05, 0.1) is 12.6 Å². The van der Waals surface area contributed by atoms with E-state index in [1.807, 2.05) is 6.07 Å². The molecule has 1 aliphatic rings. The molecule has 0 radical (unpaired) electrons. The lowest BCUT2D eigenvalue weighted by Crippen LogP contribution is -2.21. The van der Waals surface area contributed by atoms with Crippen molar-refractivity contribution in [2.75, 3.05) is 20.2 Å². The van der Waals surface area contributed by atoms with Gasteiger partial charge in [-0.15, -0.1) is 0 Å². The number of benzene rings is 1. The monoisotopic (exact) mass is 244 g/mol.